The van der Waals surface area contributed by atoms with Gasteiger partial charge in [-0.25, -0.2) is 9.97 Å². The Hall–Kier alpha value is -2.59. The molecule has 0 amide bonds. The van der Waals surface area contributed by atoms with E-state index in [1.165, 1.54) is 0 Å². The predicted octanol–water partition coefficient (Wildman–Crippen LogP) is 3.08. The molecule has 0 radical (unpaired) electrons. The first kappa shape index (κ1) is 10.9. The van der Waals surface area contributed by atoms with Crippen LogP contribution in [0.5, 0.6) is 11.8 Å². The van der Waals surface area contributed by atoms with Gasteiger partial charge >= 0.3 is 6.01 Å². The van der Waals surface area contributed by atoms with Crippen molar-refractivity contribution in [1.29, 1.82) is 0 Å². The average molecular weight is 227 g/mol. The zero-order valence-electron chi connectivity index (χ0n) is 8.89. The first-order chi connectivity index (χ1) is 8.38. The van der Waals surface area contributed by atoms with Gasteiger partial charge in [0, 0.05) is 17.3 Å². The fourth-order valence-electron chi connectivity index (χ4n) is 1.26. The number of benzene rings is 1. The highest BCUT2D eigenvalue weighted by Gasteiger charge is 1.99. The van der Waals surface area contributed by atoms with E-state index in [1.807, 2.05) is 12.1 Å². The molecule has 0 bridgehead atoms. The molecule has 2 aromatic rings. The van der Waals surface area contributed by atoms with Crippen molar-refractivity contribution < 1.29 is 4.74 Å². The minimum Gasteiger partial charge on any atom is -0.424 e. The minimum absolute atomic E-state index is 0.286. The number of nitrogens with zero attached hydrogens (tertiary/aromatic N) is 5. The molecule has 0 aliphatic rings. The highest BCUT2D eigenvalue weighted by Crippen LogP contribution is 2.18. The first-order valence-corrected chi connectivity index (χ1v) is 4.93. The zero-order valence-corrected chi connectivity index (χ0v) is 8.89. The van der Waals surface area contributed by atoms with Crippen LogP contribution in [0.3, 0.4) is 0 Å². The highest BCUT2D eigenvalue weighted by molar-refractivity contribution is 5.30. The molecular weight excluding hydrogens is 218 g/mol. The van der Waals surface area contributed by atoms with Crippen LogP contribution in [0.15, 0.2) is 47.8 Å². The molecule has 6 heteroatoms. The SMILES string of the molecule is [N-]=[N+]=NCc1cccc(Oc2ncccn2)c1. The maximum absolute atomic E-state index is 8.24. The molecule has 0 N–H and O–H groups in total. The third-order valence-corrected chi connectivity index (χ3v) is 1.97. The molecule has 84 valence electrons. The Morgan fingerprint density at radius 1 is 1.24 bits per heavy atom. The highest BCUT2D eigenvalue weighted by atomic mass is 16.5. The van der Waals surface area contributed by atoms with Crippen LogP contribution < -0.4 is 4.74 Å². The lowest BCUT2D eigenvalue weighted by molar-refractivity contribution is 0.441. The summed E-state index contributed by atoms with van der Waals surface area (Å²) >= 11 is 0. The van der Waals surface area contributed by atoms with Gasteiger partial charge in [0.15, 0.2) is 0 Å². The van der Waals surface area contributed by atoms with E-state index in [4.69, 9.17) is 10.3 Å². The van der Waals surface area contributed by atoms with E-state index in [-0.39, 0.29) is 6.01 Å². The minimum atomic E-state index is 0.286. The Morgan fingerprint density at radius 3 is 2.82 bits per heavy atom. The van der Waals surface area contributed by atoms with E-state index in [2.05, 4.69) is 20.0 Å². The van der Waals surface area contributed by atoms with Crippen LogP contribution in [0.25, 0.3) is 10.4 Å². The van der Waals surface area contributed by atoms with Crippen molar-refractivity contribution in [2.45, 2.75) is 6.54 Å². The topological polar surface area (TPSA) is 83.8 Å². The molecule has 0 saturated heterocycles. The summed E-state index contributed by atoms with van der Waals surface area (Å²) in [7, 11) is 0. The maximum Gasteiger partial charge on any atom is 0.321 e. The molecule has 0 fully saturated rings. The number of rotatable bonds is 4. The van der Waals surface area contributed by atoms with E-state index in [1.54, 1.807) is 30.6 Å². The molecule has 6 nitrogen and oxygen atoms in total. The summed E-state index contributed by atoms with van der Waals surface area (Å²) < 4.78 is 5.44. The molecule has 0 atom stereocenters. The Bertz CT molecular complexity index is 537. The summed E-state index contributed by atoms with van der Waals surface area (Å²) in [6.45, 7) is 0.295. The van der Waals surface area contributed by atoms with Crippen molar-refractivity contribution in [2.75, 3.05) is 0 Å². The standard InChI is InChI=1S/C11H9N5O/c12-16-15-8-9-3-1-4-10(7-9)17-11-13-5-2-6-14-11/h1-7H,8H2. The van der Waals surface area contributed by atoms with E-state index in [0.717, 1.165) is 5.56 Å². The van der Waals surface area contributed by atoms with Crippen LogP contribution in [-0.2, 0) is 6.54 Å². The Morgan fingerprint density at radius 2 is 2.06 bits per heavy atom. The fraction of sp³-hybridized carbons (Fsp3) is 0.0909. The number of ether oxygens (including phenoxy) is 1. The van der Waals surface area contributed by atoms with Crippen molar-refractivity contribution in [3.05, 3.63) is 58.7 Å². The number of azide groups is 1. The second-order valence-electron chi connectivity index (χ2n) is 3.17. The summed E-state index contributed by atoms with van der Waals surface area (Å²) in [5, 5.41) is 3.48. The molecular formula is C11H9N5O. The Labute approximate surface area is 97.5 Å². The predicted molar refractivity (Wildman–Crippen MR) is 61.4 cm³/mol. The molecule has 0 aliphatic heterocycles. The number of aromatic nitrogens is 2. The van der Waals surface area contributed by atoms with Crippen LogP contribution in [0.4, 0.5) is 0 Å². The van der Waals surface area contributed by atoms with Gasteiger partial charge in [-0.2, -0.15) is 0 Å². The lowest BCUT2D eigenvalue weighted by Gasteiger charge is -2.04. The molecule has 1 aromatic carbocycles. The second-order valence-corrected chi connectivity index (χ2v) is 3.17. The molecule has 1 heterocycles. The third-order valence-electron chi connectivity index (χ3n) is 1.97. The van der Waals surface area contributed by atoms with Gasteiger partial charge in [-0.1, -0.05) is 17.2 Å². The zero-order chi connectivity index (χ0) is 11.9. The van der Waals surface area contributed by atoms with Crippen LogP contribution in [0, 0.1) is 0 Å². The van der Waals surface area contributed by atoms with Crippen LogP contribution in [0.2, 0.25) is 0 Å². The van der Waals surface area contributed by atoms with Crippen molar-refractivity contribution in [1.82, 2.24) is 9.97 Å². The van der Waals surface area contributed by atoms with Crippen LogP contribution >= 0.6 is 0 Å². The van der Waals surface area contributed by atoms with Gasteiger partial charge in [-0.3, -0.25) is 0 Å². The van der Waals surface area contributed by atoms with E-state index < -0.39 is 0 Å². The van der Waals surface area contributed by atoms with Gasteiger partial charge in [0.1, 0.15) is 5.75 Å². The largest absolute Gasteiger partial charge is 0.424 e. The summed E-state index contributed by atoms with van der Waals surface area (Å²) in [5.41, 5.74) is 9.11. The summed E-state index contributed by atoms with van der Waals surface area (Å²) in [4.78, 5) is 10.6. The normalized spacial score (nSPS) is 9.41. The van der Waals surface area contributed by atoms with Gasteiger partial charge in [-0.05, 0) is 29.3 Å². The van der Waals surface area contributed by atoms with Gasteiger partial charge in [0.25, 0.3) is 0 Å². The second kappa shape index (κ2) is 5.48. The lowest BCUT2D eigenvalue weighted by atomic mass is 10.2. The fourth-order valence-corrected chi connectivity index (χ4v) is 1.26. The monoisotopic (exact) mass is 227 g/mol. The molecule has 2 rings (SSSR count). The molecule has 0 aliphatic carbocycles. The van der Waals surface area contributed by atoms with Crippen molar-refractivity contribution >= 4 is 0 Å². The quantitative estimate of drug-likeness (QED) is 0.457. The van der Waals surface area contributed by atoms with Crippen molar-refractivity contribution in [3.63, 3.8) is 0 Å². The average Bonchev–Trinajstić information content (AvgIpc) is 2.38. The van der Waals surface area contributed by atoms with E-state index in [9.17, 15) is 0 Å². The van der Waals surface area contributed by atoms with Crippen molar-refractivity contribution in [2.24, 2.45) is 5.11 Å². The molecule has 1 aromatic heterocycles. The van der Waals surface area contributed by atoms with Crippen molar-refractivity contribution in [3.8, 4) is 11.8 Å². The number of hydrogen-bond acceptors (Lipinski definition) is 4. The third kappa shape index (κ3) is 3.19. The van der Waals surface area contributed by atoms with Gasteiger partial charge in [0.05, 0.1) is 6.54 Å². The van der Waals surface area contributed by atoms with Gasteiger partial charge in [0.2, 0.25) is 0 Å². The van der Waals surface area contributed by atoms with Gasteiger partial charge in [-0.15, -0.1) is 0 Å². The lowest BCUT2D eigenvalue weighted by Crippen LogP contribution is -1.91. The summed E-state index contributed by atoms with van der Waals surface area (Å²) in [6, 6.07) is 9.24. The smallest absolute Gasteiger partial charge is 0.321 e. The van der Waals surface area contributed by atoms with Crippen LogP contribution in [0.1, 0.15) is 5.56 Å². The van der Waals surface area contributed by atoms with E-state index in [0.29, 0.717) is 12.3 Å². The van der Waals surface area contributed by atoms with Crippen LogP contribution in [-0.4, -0.2) is 9.97 Å². The van der Waals surface area contributed by atoms with Gasteiger partial charge < -0.3 is 4.74 Å². The Balaban J connectivity index is 2.14. The molecule has 0 unspecified atom stereocenters. The van der Waals surface area contributed by atoms with E-state index >= 15 is 0 Å². The number of hydrogen-bond donors (Lipinski definition) is 0. The summed E-state index contributed by atoms with van der Waals surface area (Å²) in [5.74, 6) is 0.613. The molecule has 0 saturated carbocycles. The molecule has 17 heavy (non-hydrogen) atoms. The maximum atomic E-state index is 8.24. The molecule has 0 spiro atoms. The Kier molecular flexibility index (Phi) is 3.52. The summed E-state index contributed by atoms with van der Waals surface area (Å²) in [6.07, 6.45) is 3.21. The first-order valence-electron chi connectivity index (χ1n) is 4.93.